The Morgan fingerprint density at radius 1 is 1.11 bits per heavy atom. The molecule has 0 bridgehead atoms. The van der Waals surface area contributed by atoms with Gasteiger partial charge in [-0.1, -0.05) is 12.1 Å². The molecule has 0 saturated heterocycles. The summed E-state index contributed by atoms with van der Waals surface area (Å²) >= 11 is 0. The predicted octanol–water partition coefficient (Wildman–Crippen LogP) is 4.21. The third-order valence-corrected chi connectivity index (χ3v) is 2.71. The molecular weight excluding hydrogens is 246 g/mol. The molecular formula is C13H17F4N. The van der Waals surface area contributed by atoms with Gasteiger partial charge in [0.05, 0.1) is 0 Å². The highest BCUT2D eigenvalue weighted by atomic mass is 19.4. The van der Waals surface area contributed by atoms with Crippen LogP contribution in [0, 0.1) is 5.82 Å². The Morgan fingerprint density at radius 2 is 1.72 bits per heavy atom. The minimum Gasteiger partial charge on any atom is -0.310 e. The van der Waals surface area contributed by atoms with E-state index in [0.29, 0.717) is 13.0 Å². The zero-order chi connectivity index (χ0) is 13.6. The summed E-state index contributed by atoms with van der Waals surface area (Å²) in [7, 11) is 0. The second-order valence-corrected chi connectivity index (χ2v) is 4.30. The smallest absolute Gasteiger partial charge is 0.310 e. The quantitative estimate of drug-likeness (QED) is 0.599. The number of benzene rings is 1. The number of rotatable bonds is 6. The van der Waals surface area contributed by atoms with E-state index in [1.54, 1.807) is 12.1 Å². The van der Waals surface area contributed by atoms with Crippen LogP contribution >= 0.6 is 0 Å². The van der Waals surface area contributed by atoms with Crippen LogP contribution in [0.15, 0.2) is 24.3 Å². The van der Waals surface area contributed by atoms with Gasteiger partial charge in [-0.05, 0) is 44.0 Å². The molecule has 0 aliphatic rings. The fraction of sp³-hybridized carbons (Fsp3) is 0.538. The van der Waals surface area contributed by atoms with Crippen LogP contribution in [-0.2, 0) is 0 Å². The number of halogens is 4. The van der Waals surface area contributed by atoms with Crippen molar-refractivity contribution in [3.63, 3.8) is 0 Å². The highest BCUT2D eigenvalue weighted by molar-refractivity contribution is 5.19. The van der Waals surface area contributed by atoms with E-state index in [0.717, 1.165) is 5.56 Å². The Labute approximate surface area is 104 Å². The Bertz CT molecular complexity index is 345. The van der Waals surface area contributed by atoms with Gasteiger partial charge in [-0.3, -0.25) is 0 Å². The lowest BCUT2D eigenvalue weighted by molar-refractivity contribution is -0.135. The fourth-order valence-corrected chi connectivity index (χ4v) is 1.64. The zero-order valence-electron chi connectivity index (χ0n) is 10.2. The average molecular weight is 263 g/mol. The van der Waals surface area contributed by atoms with Gasteiger partial charge >= 0.3 is 6.18 Å². The summed E-state index contributed by atoms with van der Waals surface area (Å²) in [5.41, 5.74) is 0.923. The third kappa shape index (κ3) is 6.00. The summed E-state index contributed by atoms with van der Waals surface area (Å²) in [5.74, 6) is -0.295. The molecule has 1 aromatic rings. The van der Waals surface area contributed by atoms with Crippen molar-refractivity contribution in [2.45, 2.75) is 38.4 Å². The van der Waals surface area contributed by atoms with Gasteiger partial charge in [0.1, 0.15) is 5.82 Å². The average Bonchev–Trinajstić information content (AvgIpc) is 2.27. The molecule has 18 heavy (non-hydrogen) atoms. The van der Waals surface area contributed by atoms with Crippen molar-refractivity contribution in [1.29, 1.82) is 0 Å². The lowest BCUT2D eigenvalue weighted by Crippen LogP contribution is -2.20. The summed E-state index contributed by atoms with van der Waals surface area (Å²) in [6.07, 6.45) is -4.19. The second-order valence-electron chi connectivity index (χ2n) is 4.30. The van der Waals surface area contributed by atoms with Gasteiger partial charge in [0.2, 0.25) is 0 Å². The third-order valence-electron chi connectivity index (χ3n) is 2.71. The largest absolute Gasteiger partial charge is 0.389 e. The maximum absolute atomic E-state index is 12.7. The van der Waals surface area contributed by atoms with Crippen molar-refractivity contribution in [3.8, 4) is 0 Å². The summed E-state index contributed by atoms with van der Waals surface area (Å²) in [5, 5.41) is 3.11. The first-order chi connectivity index (χ1) is 8.38. The number of hydrogen-bond donors (Lipinski definition) is 1. The topological polar surface area (TPSA) is 12.0 Å². The van der Waals surface area contributed by atoms with E-state index in [4.69, 9.17) is 0 Å². The first-order valence-corrected chi connectivity index (χ1v) is 5.94. The maximum atomic E-state index is 12.7. The molecule has 1 rings (SSSR count). The lowest BCUT2D eigenvalue weighted by atomic mass is 10.1. The fourth-order valence-electron chi connectivity index (χ4n) is 1.64. The number of alkyl halides is 3. The number of nitrogens with one attached hydrogen (secondary N) is 1. The van der Waals surface area contributed by atoms with Crippen LogP contribution in [0.25, 0.3) is 0 Å². The van der Waals surface area contributed by atoms with Crippen molar-refractivity contribution < 1.29 is 17.6 Å². The SMILES string of the molecule is CC(NCCCCC(F)(F)F)c1ccc(F)cc1. The second kappa shape index (κ2) is 6.73. The number of hydrogen-bond acceptors (Lipinski definition) is 1. The minimum atomic E-state index is -4.07. The van der Waals surface area contributed by atoms with Crippen LogP contribution in [0.3, 0.4) is 0 Å². The van der Waals surface area contributed by atoms with E-state index < -0.39 is 12.6 Å². The molecule has 102 valence electrons. The van der Waals surface area contributed by atoms with Crippen LogP contribution in [0.4, 0.5) is 17.6 Å². The highest BCUT2D eigenvalue weighted by Crippen LogP contribution is 2.22. The number of unbranched alkanes of at least 4 members (excludes halogenated alkanes) is 1. The van der Waals surface area contributed by atoms with E-state index >= 15 is 0 Å². The molecule has 1 unspecified atom stereocenters. The van der Waals surface area contributed by atoms with Crippen LogP contribution in [-0.4, -0.2) is 12.7 Å². The molecule has 0 spiro atoms. The monoisotopic (exact) mass is 263 g/mol. The molecule has 0 fully saturated rings. The zero-order valence-corrected chi connectivity index (χ0v) is 10.2. The van der Waals surface area contributed by atoms with Crippen LogP contribution in [0.1, 0.15) is 37.8 Å². The van der Waals surface area contributed by atoms with Crippen molar-refractivity contribution in [3.05, 3.63) is 35.6 Å². The van der Waals surface area contributed by atoms with E-state index in [9.17, 15) is 17.6 Å². The van der Waals surface area contributed by atoms with Gasteiger partial charge in [-0.15, -0.1) is 0 Å². The van der Waals surface area contributed by atoms with E-state index in [-0.39, 0.29) is 18.3 Å². The Balaban J connectivity index is 2.21. The van der Waals surface area contributed by atoms with Gasteiger partial charge in [0, 0.05) is 12.5 Å². The van der Waals surface area contributed by atoms with Crippen molar-refractivity contribution >= 4 is 0 Å². The molecule has 1 nitrogen and oxygen atoms in total. The first-order valence-electron chi connectivity index (χ1n) is 5.94. The molecule has 0 radical (unpaired) electrons. The molecule has 0 aromatic heterocycles. The van der Waals surface area contributed by atoms with Gasteiger partial charge in [-0.25, -0.2) is 4.39 Å². The molecule has 0 aliphatic heterocycles. The molecule has 1 N–H and O–H groups in total. The molecule has 0 saturated carbocycles. The van der Waals surface area contributed by atoms with Crippen LogP contribution < -0.4 is 5.32 Å². The van der Waals surface area contributed by atoms with Gasteiger partial charge in [0.15, 0.2) is 0 Å². The van der Waals surface area contributed by atoms with Crippen molar-refractivity contribution in [2.75, 3.05) is 6.54 Å². The molecule has 0 aliphatic carbocycles. The Hall–Kier alpha value is -1.10. The maximum Gasteiger partial charge on any atom is 0.389 e. The van der Waals surface area contributed by atoms with E-state index in [1.807, 2.05) is 6.92 Å². The van der Waals surface area contributed by atoms with Crippen LogP contribution in [0.2, 0.25) is 0 Å². The Kier molecular flexibility index (Phi) is 5.59. The predicted molar refractivity (Wildman–Crippen MR) is 62.7 cm³/mol. The minimum absolute atomic E-state index is 0.0106. The van der Waals surface area contributed by atoms with Gasteiger partial charge in [0.25, 0.3) is 0 Å². The molecule has 0 amide bonds. The van der Waals surface area contributed by atoms with Gasteiger partial charge in [-0.2, -0.15) is 13.2 Å². The standard InChI is InChI=1S/C13H17F4N/c1-10(11-4-6-12(14)7-5-11)18-9-3-2-8-13(15,16)17/h4-7,10,18H,2-3,8-9H2,1H3. The molecule has 1 atom stereocenters. The van der Waals surface area contributed by atoms with Crippen LogP contribution in [0.5, 0.6) is 0 Å². The highest BCUT2D eigenvalue weighted by Gasteiger charge is 2.25. The molecule has 5 heteroatoms. The first kappa shape index (κ1) is 15.0. The van der Waals surface area contributed by atoms with E-state index in [1.165, 1.54) is 12.1 Å². The van der Waals surface area contributed by atoms with Crippen molar-refractivity contribution in [2.24, 2.45) is 0 Å². The summed E-state index contributed by atoms with van der Waals surface area (Å²) < 4.78 is 48.4. The summed E-state index contributed by atoms with van der Waals surface area (Å²) in [6, 6.07) is 6.09. The summed E-state index contributed by atoms with van der Waals surface area (Å²) in [6.45, 7) is 2.42. The van der Waals surface area contributed by atoms with E-state index in [2.05, 4.69) is 5.32 Å². The lowest BCUT2D eigenvalue weighted by Gasteiger charge is -2.14. The summed E-state index contributed by atoms with van der Waals surface area (Å²) in [4.78, 5) is 0. The van der Waals surface area contributed by atoms with Gasteiger partial charge < -0.3 is 5.32 Å². The Morgan fingerprint density at radius 3 is 2.28 bits per heavy atom. The molecule has 1 aromatic carbocycles. The van der Waals surface area contributed by atoms with Crippen molar-refractivity contribution in [1.82, 2.24) is 5.32 Å². The normalized spacial score (nSPS) is 13.6. The molecule has 0 heterocycles.